The van der Waals surface area contributed by atoms with Gasteiger partial charge in [-0.25, -0.2) is 0 Å². The molecule has 0 aromatic carbocycles. The first-order valence-corrected chi connectivity index (χ1v) is 6.37. The maximum absolute atomic E-state index is 11.1. The van der Waals surface area contributed by atoms with Crippen molar-refractivity contribution in [3.8, 4) is 0 Å². The maximum atomic E-state index is 11.1. The number of rotatable bonds is 2. The van der Waals surface area contributed by atoms with Crippen LogP contribution in [0.25, 0.3) is 0 Å². The standard InChI is InChI=1S/C12H22N2O2/c1-9-7-14(11-4-2-3-5-11)8-10(6-13-9)12(15)16/h9-11,13H,2-8H2,1H3,(H,15,16). The van der Waals surface area contributed by atoms with Crippen LogP contribution in [0.4, 0.5) is 0 Å². The lowest BCUT2D eigenvalue weighted by atomic mass is 10.1. The van der Waals surface area contributed by atoms with Crippen LogP contribution >= 0.6 is 0 Å². The van der Waals surface area contributed by atoms with Gasteiger partial charge >= 0.3 is 5.97 Å². The Bertz CT molecular complexity index is 251. The normalized spacial score (nSPS) is 33.8. The fourth-order valence-electron chi connectivity index (χ4n) is 2.91. The quantitative estimate of drug-likeness (QED) is 0.735. The molecule has 1 aliphatic carbocycles. The van der Waals surface area contributed by atoms with Gasteiger partial charge in [-0.1, -0.05) is 12.8 Å². The number of hydrogen-bond donors (Lipinski definition) is 2. The third-order valence-corrected chi connectivity index (χ3v) is 3.87. The van der Waals surface area contributed by atoms with E-state index in [9.17, 15) is 4.79 Å². The molecular formula is C12H22N2O2. The Morgan fingerprint density at radius 1 is 1.31 bits per heavy atom. The number of nitrogens with one attached hydrogen (secondary N) is 1. The Balaban J connectivity index is 2.00. The van der Waals surface area contributed by atoms with E-state index in [2.05, 4.69) is 17.1 Å². The molecule has 0 amide bonds. The van der Waals surface area contributed by atoms with E-state index in [1.807, 2.05) is 0 Å². The fraction of sp³-hybridized carbons (Fsp3) is 0.917. The number of carboxylic acids is 1. The van der Waals surface area contributed by atoms with Crippen molar-refractivity contribution in [2.24, 2.45) is 5.92 Å². The summed E-state index contributed by atoms with van der Waals surface area (Å²) in [5.74, 6) is -0.907. The molecule has 0 aromatic rings. The first-order valence-electron chi connectivity index (χ1n) is 6.37. The van der Waals surface area contributed by atoms with Crippen LogP contribution in [0.2, 0.25) is 0 Å². The molecule has 0 aromatic heterocycles. The summed E-state index contributed by atoms with van der Waals surface area (Å²) < 4.78 is 0. The van der Waals surface area contributed by atoms with Crippen LogP contribution in [0.5, 0.6) is 0 Å². The highest BCUT2D eigenvalue weighted by Crippen LogP contribution is 2.25. The Labute approximate surface area is 97.0 Å². The maximum Gasteiger partial charge on any atom is 0.309 e. The number of carbonyl (C=O) groups is 1. The van der Waals surface area contributed by atoms with Crippen molar-refractivity contribution < 1.29 is 9.90 Å². The first kappa shape index (κ1) is 11.9. The Kier molecular flexibility index (Phi) is 3.82. The number of hydrogen-bond acceptors (Lipinski definition) is 3. The second kappa shape index (κ2) is 5.15. The van der Waals surface area contributed by atoms with E-state index in [4.69, 9.17) is 5.11 Å². The predicted molar refractivity (Wildman–Crippen MR) is 62.4 cm³/mol. The number of aliphatic carboxylic acids is 1. The van der Waals surface area contributed by atoms with E-state index in [0.717, 1.165) is 13.1 Å². The molecule has 2 fully saturated rings. The van der Waals surface area contributed by atoms with Crippen LogP contribution in [0.1, 0.15) is 32.6 Å². The third kappa shape index (κ3) is 2.74. The topological polar surface area (TPSA) is 52.6 Å². The highest BCUT2D eigenvalue weighted by atomic mass is 16.4. The molecule has 16 heavy (non-hydrogen) atoms. The van der Waals surface area contributed by atoms with Crippen LogP contribution in [0, 0.1) is 5.92 Å². The molecule has 4 heteroatoms. The molecule has 0 radical (unpaired) electrons. The molecule has 0 bridgehead atoms. The van der Waals surface area contributed by atoms with Gasteiger partial charge in [0, 0.05) is 31.7 Å². The van der Waals surface area contributed by atoms with Gasteiger partial charge in [0.1, 0.15) is 0 Å². The van der Waals surface area contributed by atoms with E-state index in [-0.39, 0.29) is 5.92 Å². The van der Waals surface area contributed by atoms with Gasteiger partial charge in [-0.05, 0) is 19.8 Å². The summed E-state index contributed by atoms with van der Waals surface area (Å²) in [6, 6.07) is 1.04. The average Bonchev–Trinajstić information content (AvgIpc) is 2.68. The molecule has 92 valence electrons. The summed E-state index contributed by atoms with van der Waals surface area (Å²) in [7, 11) is 0. The summed E-state index contributed by atoms with van der Waals surface area (Å²) in [4.78, 5) is 13.5. The van der Waals surface area contributed by atoms with E-state index in [0.29, 0.717) is 18.6 Å². The van der Waals surface area contributed by atoms with Crippen LogP contribution in [-0.4, -0.2) is 47.7 Å². The molecule has 1 saturated carbocycles. The van der Waals surface area contributed by atoms with Crippen molar-refractivity contribution in [3.63, 3.8) is 0 Å². The van der Waals surface area contributed by atoms with Gasteiger partial charge in [0.25, 0.3) is 0 Å². The molecule has 1 saturated heterocycles. The van der Waals surface area contributed by atoms with Gasteiger partial charge in [-0.3, -0.25) is 9.69 Å². The SMILES string of the molecule is CC1CN(C2CCCC2)CC(C(=O)O)CN1. The van der Waals surface area contributed by atoms with Gasteiger partial charge < -0.3 is 10.4 Å². The van der Waals surface area contributed by atoms with E-state index in [1.165, 1.54) is 25.7 Å². The Hall–Kier alpha value is -0.610. The average molecular weight is 226 g/mol. The largest absolute Gasteiger partial charge is 0.481 e. The zero-order valence-corrected chi connectivity index (χ0v) is 9.98. The molecule has 2 N–H and O–H groups in total. The lowest BCUT2D eigenvalue weighted by Gasteiger charge is -2.29. The molecule has 2 unspecified atom stereocenters. The fourth-order valence-corrected chi connectivity index (χ4v) is 2.91. The van der Waals surface area contributed by atoms with Crippen molar-refractivity contribution in [1.29, 1.82) is 0 Å². The Morgan fingerprint density at radius 3 is 2.62 bits per heavy atom. The molecule has 2 atom stereocenters. The van der Waals surface area contributed by atoms with E-state index in [1.54, 1.807) is 0 Å². The number of nitrogens with zero attached hydrogens (tertiary/aromatic N) is 1. The molecule has 1 heterocycles. The summed E-state index contributed by atoms with van der Waals surface area (Å²) in [6.45, 7) is 4.47. The van der Waals surface area contributed by atoms with Gasteiger partial charge in [0.15, 0.2) is 0 Å². The summed E-state index contributed by atoms with van der Waals surface area (Å²) in [6.07, 6.45) is 5.11. The highest BCUT2D eigenvalue weighted by Gasteiger charge is 2.31. The predicted octanol–water partition coefficient (Wildman–Crippen LogP) is 0.923. The molecule has 1 aliphatic heterocycles. The second-order valence-electron chi connectivity index (χ2n) is 5.24. The minimum absolute atomic E-state index is 0.245. The lowest BCUT2D eigenvalue weighted by molar-refractivity contribution is -0.142. The smallest absolute Gasteiger partial charge is 0.309 e. The van der Waals surface area contributed by atoms with Gasteiger partial charge in [0.05, 0.1) is 5.92 Å². The Morgan fingerprint density at radius 2 is 2.00 bits per heavy atom. The van der Waals surface area contributed by atoms with Gasteiger partial charge in [-0.2, -0.15) is 0 Å². The van der Waals surface area contributed by atoms with Crippen molar-refractivity contribution >= 4 is 5.97 Å². The second-order valence-corrected chi connectivity index (χ2v) is 5.24. The summed E-state index contributed by atoms with van der Waals surface area (Å²) in [5, 5.41) is 12.5. The van der Waals surface area contributed by atoms with Gasteiger partial charge in [0.2, 0.25) is 0 Å². The minimum atomic E-state index is -0.662. The van der Waals surface area contributed by atoms with Gasteiger partial charge in [-0.15, -0.1) is 0 Å². The lowest BCUT2D eigenvalue weighted by Crippen LogP contribution is -2.41. The zero-order chi connectivity index (χ0) is 11.5. The first-order chi connectivity index (χ1) is 7.66. The van der Waals surface area contributed by atoms with Crippen LogP contribution in [0.15, 0.2) is 0 Å². The summed E-state index contributed by atoms with van der Waals surface area (Å²) >= 11 is 0. The van der Waals surface area contributed by atoms with Crippen molar-refractivity contribution in [1.82, 2.24) is 10.2 Å². The molecule has 0 spiro atoms. The molecule has 2 rings (SSSR count). The molecule has 4 nitrogen and oxygen atoms in total. The van der Waals surface area contributed by atoms with Crippen molar-refractivity contribution in [2.45, 2.75) is 44.7 Å². The third-order valence-electron chi connectivity index (χ3n) is 3.87. The summed E-state index contributed by atoms with van der Waals surface area (Å²) in [5.41, 5.74) is 0. The molecule has 2 aliphatic rings. The van der Waals surface area contributed by atoms with E-state index < -0.39 is 5.97 Å². The van der Waals surface area contributed by atoms with Crippen LogP contribution in [0.3, 0.4) is 0 Å². The number of carboxylic acid groups (broad SMARTS) is 1. The van der Waals surface area contributed by atoms with Crippen LogP contribution in [-0.2, 0) is 4.79 Å². The monoisotopic (exact) mass is 226 g/mol. The van der Waals surface area contributed by atoms with E-state index >= 15 is 0 Å². The highest BCUT2D eigenvalue weighted by molar-refractivity contribution is 5.70. The van der Waals surface area contributed by atoms with Crippen molar-refractivity contribution in [2.75, 3.05) is 19.6 Å². The van der Waals surface area contributed by atoms with Crippen molar-refractivity contribution in [3.05, 3.63) is 0 Å². The molecular weight excluding hydrogens is 204 g/mol. The zero-order valence-electron chi connectivity index (χ0n) is 9.98. The van der Waals surface area contributed by atoms with Crippen LogP contribution < -0.4 is 5.32 Å². The minimum Gasteiger partial charge on any atom is -0.481 e.